The van der Waals surface area contributed by atoms with Crippen molar-refractivity contribution < 1.29 is 14.4 Å². The van der Waals surface area contributed by atoms with Crippen LogP contribution in [0.4, 0.5) is 4.79 Å². The molecule has 0 spiro atoms. The molecule has 1 saturated heterocycles. The van der Waals surface area contributed by atoms with E-state index in [0.29, 0.717) is 0 Å². The van der Waals surface area contributed by atoms with Gasteiger partial charge in [0, 0.05) is 0 Å². The maximum atomic E-state index is 11.5. The average molecular weight is 215 g/mol. The van der Waals surface area contributed by atoms with E-state index in [9.17, 15) is 4.79 Å². The maximum Gasteiger partial charge on any atom is 0.434 e. The van der Waals surface area contributed by atoms with E-state index in [1.807, 2.05) is 0 Å². The molecule has 0 radical (unpaired) electrons. The molecule has 1 rings (SSSR count). The molecule has 1 atom stereocenters. The second kappa shape index (κ2) is 4.37. The van der Waals surface area contributed by atoms with Crippen molar-refractivity contribution in [3.63, 3.8) is 0 Å². The number of hydrogen-bond donors (Lipinski definition) is 1. The van der Waals surface area contributed by atoms with Gasteiger partial charge in [-0.25, -0.2) is 4.79 Å². The molecule has 7 nitrogen and oxygen atoms in total. The Hall–Kier alpha value is -1.46. The number of nitrogens with one attached hydrogen (secondary N) is 1. The summed E-state index contributed by atoms with van der Waals surface area (Å²) in [5.41, 5.74) is 6.01. The third-order valence-electron chi connectivity index (χ3n) is 1.62. The van der Waals surface area contributed by atoms with Crippen LogP contribution in [0.1, 0.15) is 20.8 Å². The van der Waals surface area contributed by atoms with E-state index in [4.69, 9.17) is 15.1 Å². The summed E-state index contributed by atoms with van der Waals surface area (Å²) in [6.07, 6.45) is -0.537. The minimum Gasteiger partial charge on any atom is -0.442 e. The highest BCUT2D eigenvalue weighted by molar-refractivity contribution is 5.67. The van der Waals surface area contributed by atoms with Gasteiger partial charge >= 0.3 is 6.09 Å². The second-order valence-electron chi connectivity index (χ2n) is 4.21. The quantitative estimate of drug-likeness (QED) is 0.524. The fourth-order valence-electron chi connectivity index (χ4n) is 1.06. The van der Waals surface area contributed by atoms with E-state index in [1.54, 1.807) is 20.8 Å². The highest BCUT2D eigenvalue weighted by Crippen LogP contribution is 2.14. The molecule has 1 aliphatic heterocycles. The smallest absolute Gasteiger partial charge is 0.434 e. The second-order valence-corrected chi connectivity index (χ2v) is 4.21. The first-order valence-corrected chi connectivity index (χ1v) is 4.62. The van der Waals surface area contributed by atoms with Crippen LogP contribution in [0.2, 0.25) is 0 Å². The number of ether oxygens (including phenoxy) is 1. The van der Waals surface area contributed by atoms with E-state index in [0.717, 1.165) is 5.06 Å². The van der Waals surface area contributed by atoms with Gasteiger partial charge in [0.25, 0.3) is 0 Å². The predicted molar refractivity (Wildman–Crippen MR) is 50.0 cm³/mol. The molecular weight excluding hydrogens is 200 g/mol. The first-order chi connectivity index (χ1) is 6.92. The summed E-state index contributed by atoms with van der Waals surface area (Å²) in [4.78, 5) is 19.4. The standard InChI is InChI=1S/C8H15N4O3/c1-8(2,3)15-7(13)12-4-6(5-14-12)10-11-9/h6,9H,4-5H2,1-3H3/q+1/t6-/m1/s1. The molecule has 1 N–H and O–H groups in total. The third-order valence-corrected chi connectivity index (χ3v) is 1.62. The van der Waals surface area contributed by atoms with Gasteiger partial charge in [-0.1, -0.05) is 0 Å². The molecule has 15 heavy (non-hydrogen) atoms. The Morgan fingerprint density at radius 1 is 1.67 bits per heavy atom. The lowest BCUT2D eigenvalue weighted by atomic mass is 10.2. The van der Waals surface area contributed by atoms with Crippen LogP contribution in [0.25, 0.3) is 0 Å². The summed E-state index contributed by atoms with van der Waals surface area (Å²) in [6.45, 7) is 5.87. The lowest BCUT2D eigenvalue weighted by Crippen LogP contribution is -2.34. The molecule has 0 aromatic heterocycles. The lowest BCUT2D eigenvalue weighted by molar-refractivity contribution is -0.107. The minimum atomic E-state index is -0.546. The Kier molecular flexibility index (Phi) is 3.39. The summed E-state index contributed by atoms with van der Waals surface area (Å²) in [5.74, 6) is 0. The topological polar surface area (TPSA) is 89.1 Å². The number of nitrogens with zero attached hydrogens (tertiary/aromatic N) is 3. The van der Waals surface area contributed by atoms with Crippen molar-refractivity contribution in [1.82, 2.24) is 9.97 Å². The summed E-state index contributed by atoms with van der Waals surface area (Å²) < 4.78 is 5.09. The Labute approximate surface area is 87.5 Å². The monoisotopic (exact) mass is 215 g/mol. The van der Waals surface area contributed by atoms with E-state index >= 15 is 0 Å². The zero-order valence-electron chi connectivity index (χ0n) is 9.06. The van der Waals surface area contributed by atoms with Gasteiger partial charge in [0.15, 0.2) is 6.04 Å². The van der Waals surface area contributed by atoms with Crippen molar-refractivity contribution in [3.05, 3.63) is 0 Å². The third kappa shape index (κ3) is 3.65. The first kappa shape index (κ1) is 11.6. The minimum absolute atomic E-state index is 0.252. The van der Waals surface area contributed by atoms with Crippen LogP contribution in [0.3, 0.4) is 0 Å². The SMILES string of the molecule is CC(C)(C)OC(=O)N1C[C@@H](N=[N+]=N)CO1. The van der Waals surface area contributed by atoms with Crippen molar-refractivity contribution in [2.75, 3.05) is 13.2 Å². The number of carbonyl (C=O) groups excluding carboxylic acids is 1. The van der Waals surface area contributed by atoms with Crippen molar-refractivity contribution in [2.45, 2.75) is 32.4 Å². The van der Waals surface area contributed by atoms with Crippen molar-refractivity contribution >= 4 is 6.09 Å². The van der Waals surface area contributed by atoms with Gasteiger partial charge in [0.1, 0.15) is 22.9 Å². The van der Waals surface area contributed by atoms with Crippen molar-refractivity contribution in [1.29, 1.82) is 5.53 Å². The summed E-state index contributed by atoms with van der Waals surface area (Å²) in [7, 11) is 0. The Bertz CT molecular complexity index is 293. The molecule has 0 saturated carbocycles. The Balaban J connectivity index is 2.47. The molecule has 0 aliphatic carbocycles. The van der Waals surface area contributed by atoms with E-state index < -0.39 is 11.7 Å². The summed E-state index contributed by atoms with van der Waals surface area (Å²) >= 11 is 0. The number of rotatable bonds is 1. The zero-order chi connectivity index (χ0) is 11.5. The van der Waals surface area contributed by atoms with Crippen LogP contribution in [-0.4, -0.2) is 36.0 Å². The molecule has 1 heterocycles. The molecule has 0 aromatic carbocycles. The van der Waals surface area contributed by atoms with Crippen molar-refractivity contribution in [3.8, 4) is 0 Å². The van der Waals surface area contributed by atoms with Crippen LogP contribution in [-0.2, 0) is 9.57 Å². The first-order valence-electron chi connectivity index (χ1n) is 4.62. The molecule has 7 heteroatoms. The molecule has 0 aromatic rings. The van der Waals surface area contributed by atoms with E-state index in [2.05, 4.69) is 10.0 Å². The van der Waals surface area contributed by atoms with Crippen LogP contribution in [0.15, 0.2) is 5.11 Å². The van der Waals surface area contributed by atoms with Gasteiger partial charge in [-0.2, -0.15) is 5.06 Å². The maximum absolute atomic E-state index is 11.5. The van der Waals surface area contributed by atoms with Gasteiger partial charge in [0.05, 0.1) is 6.54 Å². The number of carbonyl (C=O) groups is 1. The van der Waals surface area contributed by atoms with Gasteiger partial charge in [-0.15, -0.1) is 0 Å². The van der Waals surface area contributed by atoms with Gasteiger partial charge in [-0.05, 0) is 20.8 Å². The highest BCUT2D eigenvalue weighted by atomic mass is 16.7. The number of hydrogen-bond acceptors (Lipinski definition) is 5. The fourth-order valence-corrected chi connectivity index (χ4v) is 1.06. The van der Waals surface area contributed by atoms with Gasteiger partial charge in [0.2, 0.25) is 4.91 Å². The van der Waals surface area contributed by atoms with Crippen molar-refractivity contribution in [2.24, 2.45) is 5.11 Å². The van der Waals surface area contributed by atoms with E-state index in [1.165, 1.54) is 0 Å². The summed E-state index contributed by atoms with van der Waals surface area (Å²) in [6, 6.07) is -0.269. The number of hydroxylamine groups is 2. The van der Waals surface area contributed by atoms with Crippen LogP contribution in [0, 0.1) is 5.53 Å². The van der Waals surface area contributed by atoms with Crippen LogP contribution < -0.4 is 4.91 Å². The molecular formula is C8H15N4O3+. The van der Waals surface area contributed by atoms with E-state index in [-0.39, 0.29) is 19.2 Å². The molecule has 0 bridgehead atoms. The normalized spacial score (nSPS) is 21.0. The Morgan fingerprint density at radius 3 is 2.87 bits per heavy atom. The van der Waals surface area contributed by atoms with Gasteiger partial charge < -0.3 is 4.74 Å². The molecule has 0 unspecified atom stereocenters. The lowest BCUT2D eigenvalue weighted by Gasteiger charge is -2.22. The fraction of sp³-hybridized carbons (Fsp3) is 0.875. The Morgan fingerprint density at radius 2 is 2.33 bits per heavy atom. The predicted octanol–water partition coefficient (Wildman–Crippen LogP) is 1.09. The number of amides is 1. The van der Waals surface area contributed by atoms with Gasteiger partial charge in [-0.3, -0.25) is 4.84 Å². The molecule has 1 fully saturated rings. The summed E-state index contributed by atoms with van der Waals surface area (Å²) in [5, 5.41) is 4.67. The molecule has 84 valence electrons. The van der Waals surface area contributed by atoms with Crippen LogP contribution in [0.5, 0.6) is 0 Å². The molecule has 1 aliphatic rings. The molecule has 1 amide bonds. The largest absolute Gasteiger partial charge is 0.442 e. The highest BCUT2D eigenvalue weighted by Gasteiger charge is 2.33. The average Bonchev–Trinajstić information content (AvgIpc) is 2.50. The van der Waals surface area contributed by atoms with Crippen LogP contribution >= 0.6 is 0 Å². The zero-order valence-corrected chi connectivity index (χ0v) is 9.06.